The fourth-order valence-electron chi connectivity index (χ4n) is 0.699. The van der Waals surface area contributed by atoms with Gasteiger partial charge in [-0.3, -0.25) is 4.79 Å². The van der Waals surface area contributed by atoms with E-state index >= 15 is 0 Å². The number of carbonyl (C=O) groups is 1. The van der Waals surface area contributed by atoms with Crippen LogP contribution in [0.2, 0.25) is 0 Å². The van der Waals surface area contributed by atoms with Crippen LogP contribution in [0, 0.1) is 0 Å². The second-order valence-corrected chi connectivity index (χ2v) is 2.31. The van der Waals surface area contributed by atoms with Crippen LogP contribution in [0.15, 0.2) is 11.8 Å². The predicted octanol–water partition coefficient (Wildman–Crippen LogP) is 2.21. The van der Waals surface area contributed by atoms with E-state index in [1.54, 1.807) is 0 Å². The summed E-state index contributed by atoms with van der Waals surface area (Å²) in [6.45, 7) is 3.52. The van der Waals surface area contributed by atoms with Gasteiger partial charge >= 0.3 is 0 Å². The van der Waals surface area contributed by atoms with Gasteiger partial charge in [0.1, 0.15) is 0 Å². The molecule has 0 saturated carbocycles. The molecule has 0 atom stereocenters. The summed E-state index contributed by atoms with van der Waals surface area (Å²) < 4.78 is 0. The second kappa shape index (κ2) is 5.03. The van der Waals surface area contributed by atoms with Crippen molar-refractivity contribution in [3.63, 3.8) is 0 Å². The number of Topliss-reactive ketones (excluding diaryl/α,β-unsaturated/α-hetero) is 1. The number of unbranched alkanes of at least 4 members (excludes halogenated alkanes) is 1. The highest BCUT2D eigenvalue weighted by Gasteiger charge is 2.01. The first-order valence-electron chi connectivity index (χ1n) is 3.56. The summed E-state index contributed by atoms with van der Waals surface area (Å²) in [7, 11) is 0. The van der Waals surface area contributed by atoms with Gasteiger partial charge in [0.15, 0.2) is 5.78 Å². The Morgan fingerprint density at radius 3 is 2.50 bits per heavy atom. The van der Waals surface area contributed by atoms with E-state index in [1.165, 1.54) is 6.92 Å². The van der Waals surface area contributed by atoms with Crippen LogP contribution >= 0.6 is 0 Å². The molecule has 0 aromatic heterocycles. The third-order valence-corrected chi connectivity index (χ3v) is 1.41. The number of hydrogen-bond acceptors (Lipinski definition) is 2. The average molecular weight is 142 g/mol. The van der Waals surface area contributed by atoms with Crippen molar-refractivity contribution in [3.05, 3.63) is 11.8 Å². The van der Waals surface area contributed by atoms with Crippen LogP contribution in [0.5, 0.6) is 0 Å². The lowest BCUT2D eigenvalue weighted by molar-refractivity contribution is -0.113. The third-order valence-electron chi connectivity index (χ3n) is 1.41. The highest BCUT2D eigenvalue weighted by atomic mass is 16.2. The van der Waals surface area contributed by atoms with E-state index in [1.807, 2.05) is 0 Å². The highest BCUT2D eigenvalue weighted by Crippen LogP contribution is 2.06. The number of carbonyl (C=O) groups excluding carboxylic acids is 1. The number of aliphatic hydroxyl groups is 1. The highest BCUT2D eigenvalue weighted by molar-refractivity contribution is 5.92. The van der Waals surface area contributed by atoms with Crippen molar-refractivity contribution in [2.75, 3.05) is 0 Å². The quantitative estimate of drug-likeness (QED) is 0.482. The van der Waals surface area contributed by atoms with E-state index < -0.39 is 0 Å². The summed E-state index contributed by atoms with van der Waals surface area (Å²) in [5.41, 5.74) is 0.529. The minimum absolute atomic E-state index is 0.0315. The summed E-state index contributed by atoms with van der Waals surface area (Å²) in [5.74, 6) is -0.0315. The Hall–Kier alpha value is -0.790. The molecule has 0 radical (unpaired) electrons. The van der Waals surface area contributed by atoms with Gasteiger partial charge in [-0.1, -0.05) is 13.3 Å². The first-order chi connectivity index (χ1) is 4.72. The number of rotatable bonds is 4. The topological polar surface area (TPSA) is 37.3 Å². The van der Waals surface area contributed by atoms with Gasteiger partial charge in [-0.2, -0.15) is 0 Å². The Morgan fingerprint density at radius 2 is 2.20 bits per heavy atom. The van der Waals surface area contributed by atoms with Crippen molar-refractivity contribution in [3.8, 4) is 0 Å². The molecule has 10 heavy (non-hydrogen) atoms. The monoisotopic (exact) mass is 142 g/mol. The molecule has 0 aliphatic carbocycles. The Balaban J connectivity index is 3.74. The number of aliphatic hydroxyl groups excluding tert-OH is 1. The lowest BCUT2D eigenvalue weighted by Gasteiger charge is -1.97. The van der Waals surface area contributed by atoms with Crippen LogP contribution in [-0.2, 0) is 4.79 Å². The lowest BCUT2D eigenvalue weighted by Crippen LogP contribution is -1.96. The van der Waals surface area contributed by atoms with Gasteiger partial charge in [-0.25, -0.2) is 0 Å². The van der Waals surface area contributed by atoms with Crippen LogP contribution in [0.3, 0.4) is 0 Å². The van der Waals surface area contributed by atoms with Crippen LogP contribution in [-0.4, -0.2) is 10.9 Å². The Bertz CT molecular complexity index is 136. The molecule has 0 amide bonds. The molecule has 0 heterocycles. The van der Waals surface area contributed by atoms with E-state index in [-0.39, 0.29) is 5.78 Å². The van der Waals surface area contributed by atoms with Crippen molar-refractivity contribution >= 4 is 5.78 Å². The van der Waals surface area contributed by atoms with Gasteiger partial charge in [0.25, 0.3) is 0 Å². The summed E-state index contributed by atoms with van der Waals surface area (Å²) in [6, 6.07) is 0. The average Bonchev–Trinajstić information content (AvgIpc) is 1.89. The fraction of sp³-hybridized carbons (Fsp3) is 0.625. The molecule has 0 aliphatic rings. The van der Waals surface area contributed by atoms with Crippen molar-refractivity contribution in [1.82, 2.24) is 0 Å². The zero-order valence-electron chi connectivity index (χ0n) is 6.55. The molecule has 0 spiro atoms. The Labute approximate surface area is 61.6 Å². The Morgan fingerprint density at radius 1 is 1.60 bits per heavy atom. The van der Waals surface area contributed by atoms with E-state index in [0.29, 0.717) is 12.0 Å². The van der Waals surface area contributed by atoms with Crippen LogP contribution in [0.1, 0.15) is 33.1 Å². The maximum Gasteiger partial charge on any atom is 0.158 e. The summed E-state index contributed by atoms with van der Waals surface area (Å²) in [5, 5.41) is 8.54. The summed E-state index contributed by atoms with van der Waals surface area (Å²) in [6.07, 6.45) is 3.62. The molecule has 2 heteroatoms. The first-order valence-corrected chi connectivity index (χ1v) is 3.56. The van der Waals surface area contributed by atoms with E-state index in [2.05, 4.69) is 6.92 Å². The van der Waals surface area contributed by atoms with Crippen molar-refractivity contribution in [2.45, 2.75) is 33.1 Å². The second-order valence-electron chi connectivity index (χ2n) is 2.31. The van der Waals surface area contributed by atoms with E-state index in [4.69, 9.17) is 5.11 Å². The zero-order valence-corrected chi connectivity index (χ0v) is 6.55. The van der Waals surface area contributed by atoms with Crippen molar-refractivity contribution in [1.29, 1.82) is 0 Å². The number of ketones is 1. The van der Waals surface area contributed by atoms with Crippen molar-refractivity contribution in [2.24, 2.45) is 0 Å². The van der Waals surface area contributed by atoms with Gasteiger partial charge in [0.2, 0.25) is 0 Å². The van der Waals surface area contributed by atoms with Gasteiger partial charge in [-0.15, -0.1) is 0 Å². The Kier molecular flexibility index (Phi) is 4.63. The molecule has 0 fully saturated rings. The molecule has 0 aromatic rings. The minimum atomic E-state index is -0.0315. The molecule has 0 rings (SSSR count). The molecule has 0 aliphatic heterocycles. The molecule has 2 nitrogen and oxygen atoms in total. The minimum Gasteiger partial charge on any atom is -0.515 e. The molecular formula is C8H14O2. The lowest BCUT2D eigenvalue weighted by atomic mass is 10.1. The molecule has 0 aromatic carbocycles. The summed E-state index contributed by atoms with van der Waals surface area (Å²) >= 11 is 0. The van der Waals surface area contributed by atoms with Gasteiger partial charge in [-0.05, 0) is 19.8 Å². The van der Waals surface area contributed by atoms with Gasteiger partial charge in [0, 0.05) is 5.57 Å². The van der Waals surface area contributed by atoms with E-state index in [9.17, 15) is 4.79 Å². The first kappa shape index (κ1) is 9.21. The van der Waals surface area contributed by atoms with Crippen LogP contribution in [0.25, 0.3) is 0 Å². The van der Waals surface area contributed by atoms with Crippen LogP contribution in [0.4, 0.5) is 0 Å². The van der Waals surface area contributed by atoms with E-state index in [0.717, 1.165) is 19.1 Å². The third kappa shape index (κ3) is 3.28. The maximum absolute atomic E-state index is 10.7. The largest absolute Gasteiger partial charge is 0.515 e. The van der Waals surface area contributed by atoms with Gasteiger partial charge in [0.05, 0.1) is 6.26 Å². The number of allylic oxidation sites excluding steroid dienone is 1. The van der Waals surface area contributed by atoms with Crippen LogP contribution < -0.4 is 0 Å². The van der Waals surface area contributed by atoms with Crippen molar-refractivity contribution < 1.29 is 9.90 Å². The molecule has 0 unspecified atom stereocenters. The molecule has 0 bridgehead atoms. The molecular weight excluding hydrogens is 128 g/mol. The maximum atomic E-state index is 10.7. The van der Waals surface area contributed by atoms with Gasteiger partial charge < -0.3 is 5.11 Å². The SMILES string of the molecule is CCCCC(=CO)C(C)=O. The fourth-order valence-corrected chi connectivity index (χ4v) is 0.699. The molecule has 1 N–H and O–H groups in total. The standard InChI is InChI=1S/C8H14O2/c1-3-4-5-8(6-9)7(2)10/h6,9H,3-5H2,1-2H3. The summed E-state index contributed by atoms with van der Waals surface area (Å²) in [4.78, 5) is 10.7. The zero-order chi connectivity index (χ0) is 7.98. The smallest absolute Gasteiger partial charge is 0.158 e. The molecule has 58 valence electrons. The molecule has 0 saturated heterocycles. The predicted molar refractivity (Wildman–Crippen MR) is 40.9 cm³/mol. The normalized spacial score (nSPS) is 11.6. The number of hydrogen-bond donors (Lipinski definition) is 1.